The Balaban J connectivity index is 1.85. The number of rotatable bonds is 3. The molecule has 1 aliphatic rings. The van der Waals surface area contributed by atoms with E-state index in [4.69, 9.17) is 9.26 Å². The van der Waals surface area contributed by atoms with Gasteiger partial charge in [-0.15, -0.1) is 0 Å². The van der Waals surface area contributed by atoms with Gasteiger partial charge in [-0.25, -0.2) is 0 Å². The maximum absolute atomic E-state index is 5.46. The van der Waals surface area contributed by atoms with Crippen LogP contribution in [0.15, 0.2) is 28.8 Å². The van der Waals surface area contributed by atoms with Crippen LogP contribution in [0.5, 0.6) is 5.75 Å². The molecular weight excluding hydrogens is 254 g/mol. The molecule has 0 saturated carbocycles. The lowest BCUT2D eigenvalue weighted by Crippen LogP contribution is -2.43. The molecule has 1 aromatic carbocycles. The zero-order chi connectivity index (χ0) is 14.0. The molecule has 0 aliphatic carbocycles. The predicted molar refractivity (Wildman–Crippen MR) is 75.5 cm³/mol. The highest BCUT2D eigenvalue weighted by molar-refractivity contribution is 5.55. The summed E-state index contributed by atoms with van der Waals surface area (Å²) < 4.78 is 10.6. The van der Waals surface area contributed by atoms with Gasteiger partial charge in [0.2, 0.25) is 11.7 Å². The van der Waals surface area contributed by atoms with E-state index >= 15 is 0 Å². The van der Waals surface area contributed by atoms with E-state index in [2.05, 4.69) is 22.4 Å². The third kappa shape index (κ3) is 2.41. The molecule has 1 atom stereocenters. The first-order valence-electron chi connectivity index (χ1n) is 6.95. The largest absolute Gasteiger partial charge is 0.497 e. The average Bonchev–Trinajstić information content (AvgIpc) is 2.99. The van der Waals surface area contributed by atoms with Crippen LogP contribution in [0.1, 0.15) is 32.1 Å². The van der Waals surface area contributed by atoms with Gasteiger partial charge < -0.3 is 14.6 Å². The highest BCUT2D eigenvalue weighted by Gasteiger charge is 2.34. The molecule has 0 spiro atoms. The summed E-state index contributed by atoms with van der Waals surface area (Å²) in [6.07, 6.45) is 3.41. The van der Waals surface area contributed by atoms with Gasteiger partial charge in [-0.1, -0.05) is 5.16 Å². The normalized spacial score (nSPS) is 22.7. The Hall–Kier alpha value is -1.88. The van der Waals surface area contributed by atoms with Gasteiger partial charge in [-0.3, -0.25) is 0 Å². The van der Waals surface area contributed by atoms with E-state index in [1.54, 1.807) is 7.11 Å². The number of hydrogen-bond donors (Lipinski definition) is 1. The van der Waals surface area contributed by atoms with Crippen LogP contribution in [0, 0.1) is 0 Å². The van der Waals surface area contributed by atoms with Crippen molar-refractivity contribution in [2.75, 3.05) is 13.7 Å². The third-order valence-electron chi connectivity index (χ3n) is 3.86. The lowest BCUT2D eigenvalue weighted by Gasteiger charge is -2.31. The second-order valence-electron chi connectivity index (χ2n) is 5.37. The van der Waals surface area contributed by atoms with Gasteiger partial charge in [0.05, 0.1) is 12.6 Å². The molecule has 1 unspecified atom stereocenters. The molecule has 5 nitrogen and oxygen atoms in total. The van der Waals surface area contributed by atoms with Crippen LogP contribution in [0.4, 0.5) is 0 Å². The first kappa shape index (κ1) is 13.1. The summed E-state index contributed by atoms with van der Waals surface area (Å²) in [5.74, 6) is 2.11. The molecule has 5 heteroatoms. The number of ether oxygens (including phenoxy) is 1. The van der Waals surface area contributed by atoms with Gasteiger partial charge in [0.1, 0.15) is 5.75 Å². The molecule has 2 heterocycles. The summed E-state index contributed by atoms with van der Waals surface area (Å²) in [5, 5.41) is 7.57. The Morgan fingerprint density at radius 1 is 1.25 bits per heavy atom. The molecule has 1 aliphatic heterocycles. The topological polar surface area (TPSA) is 60.2 Å². The van der Waals surface area contributed by atoms with E-state index in [9.17, 15) is 0 Å². The highest BCUT2D eigenvalue weighted by Crippen LogP contribution is 2.30. The monoisotopic (exact) mass is 273 g/mol. The van der Waals surface area contributed by atoms with E-state index in [0.717, 1.165) is 24.3 Å². The quantitative estimate of drug-likeness (QED) is 0.931. The number of methoxy groups -OCH3 is 1. The second-order valence-corrected chi connectivity index (χ2v) is 5.37. The molecule has 0 bridgehead atoms. The second kappa shape index (κ2) is 5.25. The standard InChI is InChI=1S/C15H19N3O2/c1-15(9-3-4-10-16-15)14-17-13(18-20-14)11-5-7-12(19-2)8-6-11/h5-8,16H,3-4,9-10H2,1-2H3. The molecule has 1 N–H and O–H groups in total. The van der Waals surface area contributed by atoms with E-state index in [1.165, 1.54) is 12.8 Å². The van der Waals surface area contributed by atoms with Crippen LogP contribution >= 0.6 is 0 Å². The van der Waals surface area contributed by atoms with Crippen LogP contribution in [0.2, 0.25) is 0 Å². The molecule has 1 aromatic heterocycles. The molecule has 2 aromatic rings. The average molecular weight is 273 g/mol. The van der Waals surface area contributed by atoms with Gasteiger partial charge in [0, 0.05) is 5.56 Å². The smallest absolute Gasteiger partial charge is 0.246 e. The van der Waals surface area contributed by atoms with Gasteiger partial charge in [0.25, 0.3) is 0 Å². The van der Waals surface area contributed by atoms with Crippen LogP contribution in [-0.4, -0.2) is 23.8 Å². The lowest BCUT2D eigenvalue weighted by molar-refractivity contribution is 0.207. The Kier molecular flexibility index (Phi) is 3.44. The van der Waals surface area contributed by atoms with Crippen molar-refractivity contribution in [2.45, 2.75) is 31.7 Å². The van der Waals surface area contributed by atoms with E-state index < -0.39 is 0 Å². The Morgan fingerprint density at radius 3 is 2.70 bits per heavy atom. The molecule has 3 rings (SSSR count). The number of aromatic nitrogens is 2. The summed E-state index contributed by atoms with van der Waals surface area (Å²) >= 11 is 0. The van der Waals surface area contributed by atoms with Gasteiger partial charge in [-0.2, -0.15) is 4.98 Å². The maximum atomic E-state index is 5.46. The minimum atomic E-state index is -0.198. The Labute approximate surface area is 118 Å². The van der Waals surface area contributed by atoms with Gasteiger partial charge in [-0.05, 0) is 57.0 Å². The molecule has 1 fully saturated rings. The Morgan fingerprint density at radius 2 is 2.05 bits per heavy atom. The first-order chi connectivity index (χ1) is 9.71. The number of benzene rings is 1. The van der Waals surface area contributed by atoms with Gasteiger partial charge >= 0.3 is 0 Å². The molecule has 0 radical (unpaired) electrons. The van der Waals surface area contributed by atoms with Gasteiger partial charge in [0.15, 0.2) is 0 Å². The minimum absolute atomic E-state index is 0.198. The molecular formula is C15H19N3O2. The van der Waals surface area contributed by atoms with Crippen molar-refractivity contribution in [1.29, 1.82) is 0 Å². The molecule has 1 saturated heterocycles. The summed E-state index contributed by atoms with van der Waals surface area (Å²) in [6, 6.07) is 7.66. The van der Waals surface area contributed by atoms with Crippen molar-refractivity contribution in [1.82, 2.24) is 15.5 Å². The fourth-order valence-electron chi connectivity index (χ4n) is 2.54. The summed E-state index contributed by atoms with van der Waals surface area (Å²) in [6.45, 7) is 3.12. The minimum Gasteiger partial charge on any atom is -0.497 e. The van der Waals surface area contributed by atoms with Crippen molar-refractivity contribution in [3.63, 3.8) is 0 Å². The number of hydrogen-bond acceptors (Lipinski definition) is 5. The molecule has 20 heavy (non-hydrogen) atoms. The van der Waals surface area contributed by atoms with Crippen LogP contribution in [-0.2, 0) is 5.54 Å². The lowest BCUT2D eigenvalue weighted by atomic mass is 9.91. The van der Waals surface area contributed by atoms with Crippen molar-refractivity contribution in [3.8, 4) is 17.1 Å². The fourth-order valence-corrected chi connectivity index (χ4v) is 2.54. The summed E-state index contributed by atoms with van der Waals surface area (Å²) in [5.41, 5.74) is 0.732. The van der Waals surface area contributed by atoms with E-state index in [0.29, 0.717) is 11.7 Å². The maximum Gasteiger partial charge on any atom is 0.246 e. The molecule has 0 amide bonds. The van der Waals surface area contributed by atoms with Crippen LogP contribution in [0.3, 0.4) is 0 Å². The number of nitrogens with zero attached hydrogens (tertiary/aromatic N) is 2. The van der Waals surface area contributed by atoms with Crippen LogP contribution < -0.4 is 10.1 Å². The van der Waals surface area contributed by atoms with Crippen molar-refractivity contribution < 1.29 is 9.26 Å². The summed E-state index contributed by atoms with van der Waals surface area (Å²) in [7, 11) is 1.65. The predicted octanol–water partition coefficient (Wildman–Crippen LogP) is 2.73. The zero-order valence-electron chi connectivity index (χ0n) is 11.8. The van der Waals surface area contributed by atoms with E-state index in [1.807, 2.05) is 24.3 Å². The fraction of sp³-hybridized carbons (Fsp3) is 0.467. The highest BCUT2D eigenvalue weighted by atomic mass is 16.5. The molecule has 106 valence electrons. The Bertz CT molecular complexity index is 571. The number of piperidine rings is 1. The van der Waals surface area contributed by atoms with E-state index in [-0.39, 0.29) is 5.54 Å². The SMILES string of the molecule is COc1ccc(-c2noc(C3(C)CCCCN3)n2)cc1. The van der Waals surface area contributed by atoms with Crippen molar-refractivity contribution in [2.24, 2.45) is 0 Å². The third-order valence-corrected chi connectivity index (χ3v) is 3.86. The van der Waals surface area contributed by atoms with Crippen LogP contribution in [0.25, 0.3) is 11.4 Å². The number of nitrogens with one attached hydrogen (secondary N) is 1. The first-order valence-corrected chi connectivity index (χ1v) is 6.95. The van der Waals surface area contributed by atoms with Crippen molar-refractivity contribution >= 4 is 0 Å². The zero-order valence-corrected chi connectivity index (χ0v) is 11.8. The van der Waals surface area contributed by atoms with Crippen molar-refractivity contribution in [3.05, 3.63) is 30.2 Å². The summed E-state index contributed by atoms with van der Waals surface area (Å²) in [4.78, 5) is 4.55.